The number of hydrogen-bond acceptors (Lipinski definition) is 7. The Labute approximate surface area is 272 Å². The first kappa shape index (κ1) is 32.4. The lowest BCUT2D eigenvalue weighted by molar-refractivity contribution is -0.137. The van der Waals surface area contributed by atoms with E-state index in [4.69, 9.17) is 4.98 Å². The van der Waals surface area contributed by atoms with E-state index in [1.807, 2.05) is 9.80 Å². The van der Waals surface area contributed by atoms with Crippen LogP contribution in [0.15, 0.2) is 0 Å². The summed E-state index contributed by atoms with van der Waals surface area (Å²) in [6, 6.07) is 0. The number of fused-ring (bicyclic) bond motifs is 8. The average Bonchev–Trinajstić information content (AvgIpc) is 3.69. The number of hydrogen-bond donors (Lipinski definition) is 1. The highest BCUT2D eigenvalue weighted by molar-refractivity contribution is 7.11. The van der Waals surface area contributed by atoms with Gasteiger partial charge in [0.15, 0.2) is 0 Å². The van der Waals surface area contributed by atoms with E-state index in [2.05, 4.69) is 29.1 Å². The Morgan fingerprint density at radius 3 is 2.38 bits per heavy atom. The summed E-state index contributed by atoms with van der Waals surface area (Å²) in [6.07, 6.45) is 8.21. The van der Waals surface area contributed by atoms with Crippen LogP contribution in [0.4, 0.5) is 0 Å². The standard InChI is InChI=1S/C34H52N6O4S/c1-23-29-20-33(44)40-16-9-26(19-31(42)38-11-3-4-12-38)28(22-40)17-30(41)35-10-5-27-21-37(2)13-6-25(27)18-32(43)39-14-7-24(8-15-39)34(36-29)45-23/h24-28H,3-22H2,1-2H3,(H,35,41)/t25-,26-,27-,28-/m0/s1. The van der Waals surface area contributed by atoms with Gasteiger partial charge >= 0.3 is 0 Å². The van der Waals surface area contributed by atoms with Gasteiger partial charge in [0, 0.05) is 82.4 Å². The van der Waals surface area contributed by atoms with Gasteiger partial charge in [-0.1, -0.05) is 0 Å². The first-order valence-corrected chi connectivity index (χ1v) is 18.3. The van der Waals surface area contributed by atoms with Crippen molar-refractivity contribution in [3.63, 3.8) is 0 Å². The number of aryl methyl sites for hydroxylation is 1. The fourth-order valence-corrected chi connectivity index (χ4v) is 9.57. The summed E-state index contributed by atoms with van der Waals surface area (Å²) in [7, 11) is 2.15. The van der Waals surface area contributed by atoms with Gasteiger partial charge in [0.2, 0.25) is 23.6 Å². The van der Waals surface area contributed by atoms with Crippen LogP contribution in [-0.4, -0.2) is 114 Å². The van der Waals surface area contributed by atoms with Crippen molar-refractivity contribution in [1.29, 1.82) is 0 Å². The van der Waals surface area contributed by atoms with E-state index in [0.717, 1.165) is 99.8 Å². The monoisotopic (exact) mass is 640 g/mol. The summed E-state index contributed by atoms with van der Waals surface area (Å²) >= 11 is 1.70. The fourth-order valence-electron chi connectivity index (χ4n) is 8.47. The molecule has 1 aromatic heterocycles. The van der Waals surface area contributed by atoms with Crippen molar-refractivity contribution in [2.45, 2.75) is 83.5 Å². The molecule has 45 heavy (non-hydrogen) atoms. The van der Waals surface area contributed by atoms with Crippen LogP contribution in [0.2, 0.25) is 0 Å². The van der Waals surface area contributed by atoms with Gasteiger partial charge in [-0.05, 0) is 89.1 Å². The van der Waals surface area contributed by atoms with Crippen molar-refractivity contribution in [2.75, 3.05) is 66.0 Å². The molecule has 0 unspecified atom stereocenters. The van der Waals surface area contributed by atoms with Gasteiger partial charge in [0.1, 0.15) is 0 Å². The molecule has 6 aliphatic heterocycles. The van der Waals surface area contributed by atoms with Crippen molar-refractivity contribution in [3.8, 4) is 0 Å². The molecule has 4 amide bonds. The van der Waals surface area contributed by atoms with E-state index in [1.165, 1.54) is 0 Å². The number of nitrogens with zero attached hydrogens (tertiary/aromatic N) is 5. The molecule has 4 saturated heterocycles. The third-order valence-corrected chi connectivity index (χ3v) is 12.6. The van der Waals surface area contributed by atoms with E-state index in [9.17, 15) is 19.2 Å². The molecule has 6 aliphatic rings. The van der Waals surface area contributed by atoms with Crippen LogP contribution in [-0.2, 0) is 25.6 Å². The van der Waals surface area contributed by atoms with Gasteiger partial charge in [0.05, 0.1) is 17.1 Å². The van der Waals surface area contributed by atoms with Crippen molar-refractivity contribution in [1.82, 2.24) is 29.9 Å². The van der Waals surface area contributed by atoms with E-state index in [1.54, 1.807) is 11.3 Å². The average molecular weight is 641 g/mol. The molecule has 7 rings (SSSR count). The third kappa shape index (κ3) is 7.89. The Bertz CT molecular complexity index is 1240. The summed E-state index contributed by atoms with van der Waals surface area (Å²) in [6.45, 7) is 8.92. The molecular weight excluding hydrogens is 588 g/mol. The second-order valence-corrected chi connectivity index (χ2v) is 15.7. The van der Waals surface area contributed by atoms with Gasteiger partial charge in [-0.2, -0.15) is 0 Å². The second kappa shape index (κ2) is 14.5. The molecule has 0 radical (unpaired) electrons. The lowest BCUT2D eigenvalue weighted by Gasteiger charge is -2.39. The van der Waals surface area contributed by atoms with Crippen LogP contribution in [0, 0.1) is 30.6 Å². The molecule has 11 heteroatoms. The number of carbonyl (C=O) groups is 4. The van der Waals surface area contributed by atoms with E-state index >= 15 is 0 Å². The number of rotatable bonds is 2. The molecule has 10 nitrogen and oxygen atoms in total. The molecule has 7 heterocycles. The number of carbonyl (C=O) groups excluding carboxylic acids is 4. The summed E-state index contributed by atoms with van der Waals surface area (Å²) < 4.78 is 0. The highest BCUT2D eigenvalue weighted by Gasteiger charge is 2.37. The first-order chi connectivity index (χ1) is 21.7. The molecule has 0 saturated carbocycles. The largest absolute Gasteiger partial charge is 0.356 e. The van der Waals surface area contributed by atoms with Crippen LogP contribution in [0.3, 0.4) is 0 Å². The van der Waals surface area contributed by atoms with Gasteiger partial charge in [-0.15, -0.1) is 11.3 Å². The lowest BCUT2D eigenvalue weighted by Crippen LogP contribution is -2.47. The van der Waals surface area contributed by atoms with E-state index in [-0.39, 0.29) is 41.9 Å². The third-order valence-electron chi connectivity index (χ3n) is 11.4. The SMILES string of the molecule is Cc1sc2nc1CC(=O)N1CC[C@@H](CC(=O)N3CCCC3)[C@@H](CC(=O)NCC[C@H]3CN(C)CC[C@H]3CC(=O)N3CCC2CC3)C1. The zero-order chi connectivity index (χ0) is 31.5. The van der Waals surface area contributed by atoms with Crippen molar-refractivity contribution >= 4 is 35.0 Å². The van der Waals surface area contributed by atoms with Crippen LogP contribution >= 0.6 is 11.3 Å². The molecule has 0 aromatic carbocycles. The number of thiazole rings is 1. The Morgan fingerprint density at radius 1 is 0.844 bits per heavy atom. The highest BCUT2D eigenvalue weighted by atomic mass is 32.1. The Hall–Kier alpha value is -2.53. The zero-order valence-corrected chi connectivity index (χ0v) is 28.1. The predicted octanol–water partition coefficient (Wildman–Crippen LogP) is 3.05. The number of likely N-dealkylation sites (tertiary alicyclic amines) is 2. The molecule has 1 N–H and O–H groups in total. The zero-order valence-electron chi connectivity index (χ0n) is 27.3. The maximum atomic E-state index is 13.6. The predicted molar refractivity (Wildman–Crippen MR) is 174 cm³/mol. The summed E-state index contributed by atoms with van der Waals surface area (Å²) in [5, 5.41) is 4.28. The molecule has 6 bridgehead atoms. The van der Waals surface area contributed by atoms with Crippen LogP contribution in [0.1, 0.15) is 85.7 Å². The number of piperidine rings is 3. The molecule has 4 fully saturated rings. The summed E-state index contributed by atoms with van der Waals surface area (Å²) in [4.78, 5) is 68.0. The van der Waals surface area contributed by atoms with Gasteiger partial charge < -0.3 is 24.9 Å². The molecule has 0 spiro atoms. The minimum atomic E-state index is -0.0499. The smallest absolute Gasteiger partial charge is 0.228 e. The Morgan fingerprint density at radius 2 is 1.60 bits per heavy atom. The van der Waals surface area contributed by atoms with Crippen molar-refractivity contribution in [3.05, 3.63) is 15.6 Å². The number of nitrogens with one attached hydrogen (secondary N) is 1. The topological polar surface area (TPSA) is 106 Å². The summed E-state index contributed by atoms with van der Waals surface area (Å²) in [5.74, 6) is 1.59. The van der Waals surface area contributed by atoms with Crippen LogP contribution in [0.25, 0.3) is 0 Å². The van der Waals surface area contributed by atoms with Gasteiger partial charge in [-0.3, -0.25) is 19.2 Å². The molecule has 4 atom stereocenters. The maximum Gasteiger partial charge on any atom is 0.228 e. The minimum absolute atomic E-state index is 0.00121. The summed E-state index contributed by atoms with van der Waals surface area (Å²) in [5.41, 5.74) is 0.860. The number of aromatic nitrogens is 1. The normalized spacial score (nSPS) is 31.0. The highest BCUT2D eigenvalue weighted by Crippen LogP contribution is 2.35. The first-order valence-electron chi connectivity index (χ1n) is 17.5. The van der Waals surface area contributed by atoms with Crippen LogP contribution < -0.4 is 5.32 Å². The maximum absolute atomic E-state index is 13.6. The Kier molecular flexibility index (Phi) is 10.4. The molecule has 248 valence electrons. The van der Waals surface area contributed by atoms with Crippen molar-refractivity contribution in [2.24, 2.45) is 23.7 Å². The minimum Gasteiger partial charge on any atom is -0.356 e. The van der Waals surface area contributed by atoms with Crippen LogP contribution in [0.5, 0.6) is 0 Å². The van der Waals surface area contributed by atoms with E-state index < -0.39 is 0 Å². The molecule has 1 aromatic rings. The number of amides is 4. The van der Waals surface area contributed by atoms with Crippen molar-refractivity contribution < 1.29 is 19.2 Å². The lowest BCUT2D eigenvalue weighted by atomic mass is 9.80. The molecular formula is C34H52N6O4S. The fraction of sp³-hybridized carbons (Fsp3) is 0.794. The second-order valence-electron chi connectivity index (χ2n) is 14.4. The Balaban J connectivity index is 1.20. The van der Waals surface area contributed by atoms with Gasteiger partial charge in [0.25, 0.3) is 0 Å². The molecule has 0 aliphatic carbocycles. The quantitative estimate of drug-likeness (QED) is 0.533. The van der Waals surface area contributed by atoms with E-state index in [0.29, 0.717) is 56.7 Å². The van der Waals surface area contributed by atoms with Gasteiger partial charge in [-0.25, -0.2) is 4.98 Å².